The fourth-order valence-corrected chi connectivity index (χ4v) is 4.13. The number of benzene rings is 1. The molecule has 3 amide bonds. The molecule has 0 spiro atoms. The molecule has 2 aliphatic rings. The van der Waals surface area contributed by atoms with Gasteiger partial charge in [0.1, 0.15) is 12.4 Å². The van der Waals surface area contributed by atoms with Crippen molar-refractivity contribution in [1.82, 2.24) is 20.4 Å². The summed E-state index contributed by atoms with van der Waals surface area (Å²) in [6.45, 7) is 7.06. The number of halogens is 4. The van der Waals surface area contributed by atoms with Crippen molar-refractivity contribution in [2.75, 3.05) is 19.6 Å². The SMILES string of the molecule is CCN1C(=O)CN(C(=O)c2cc(CC3=C(C)C(C)C(=O)NN3OC(=O)C(F)(F)F)ccc2F)CC1C. The van der Waals surface area contributed by atoms with Gasteiger partial charge in [0, 0.05) is 25.6 Å². The van der Waals surface area contributed by atoms with Crippen LogP contribution in [0.25, 0.3) is 0 Å². The Morgan fingerprint density at radius 3 is 2.44 bits per heavy atom. The molecule has 0 saturated carbocycles. The number of rotatable bonds is 5. The number of amides is 3. The van der Waals surface area contributed by atoms with Crippen molar-refractivity contribution in [2.24, 2.45) is 5.92 Å². The highest BCUT2D eigenvalue weighted by Gasteiger charge is 2.44. The van der Waals surface area contributed by atoms with Crippen LogP contribution in [0.2, 0.25) is 0 Å². The number of hydrogen-bond donors (Lipinski definition) is 1. The fraction of sp³-hybridized carbons (Fsp3) is 0.478. The number of nitrogens with one attached hydrogen (secondary N) is 1. The second-order valence-corrected chi connectivity index (χ2v) is 8.70. The molecule has 2 heterocycles. The zero-order valence-corrected chi connectivity index (χ0v) is 20.1. The van der Waals surface area contributed by atoms with E-state index in [-0.39, 0.29) is 42.7 Å². The Kier molecular flexibility index (Phi) is 7.60. The first-order chi connectivity index (χ1) is 16.7. The molecule has 2 atom stereocenters. The van der Waals surface area contributed by atoms with Crippen molar-refractivity contribution in [3.8, 4) is 0 Å². The van der Waals surface area contributed by atoms with Gasteiger partial charge in [0.2, 0.25) is 11.8 Å². The van der Waals surface area contributed by atoms with Gasteiger partial charge in [0.25, 0.3) is 5.91 Å². The fourth-order valence-electron chi connectivity index (χ4n) is 4.13. The first-order valence-corrected chi connectivity index (χ1v) is 11.2. The van der Waals surface area contributed by atoms with E-state index in [1.54, 1.807) is 11.8 Å². The number of hydroxylamine groups is 1. The molecule has 0 bridgehead atoms. The van der Waals surface area contributed by atoms with E-state index in [9.17, 15) is 36.7 Å². The second-order valence-electron chi connectivity index (χ2n) is 8.70. The van der Waals surface area contributed by atoms with Crippen LogP contribution in [-0.2, 0) is 25.6 Å². The number of piperazine rings is 1. The molecular formula is C23H26F4N4O5. The molecule has 0 aromatic heterocycles. The second kappa shape index (κ2) is 10.2. The summed E-state index contributed by atoms with van der Waals surface area (Å²) in [5, 5.41) is 0.350. The van der Waals surface area contributed by atoms with Crippen LogP contribution in [0.5, 0.6) is 0 Å². The molecule has 0 aliphatic carbocycles. The molecule has 1 saturated heterocycles. The molecule has 1 aromatic rings. The number of allylic oxidation sites excluding steroid dienone is 1. The van der Waals surface area contributed by atoms with Crippen molar-refractivity contribution < 1.29 is 41.6 Å². The van der Waals surface area contributed by atoms with Crippen LogP contribution < -0.4 is 5.43 Å². The zero-order valence-electron chi connectivity index (χ0n) is 20.1. The smallest absolute Gasteiger partial charge is 0.337 e. The van der Waals surface area contributed by atoms with Crippen LogP contribution >= 0.6 is 0 Å². The number of nitrogens with zero attached hydrogens (tertiary/aromatic N) is 3. The molecular weight excluding hydrogens is 488 g/mol. The van der Waals surface area contributed by atoms with E-state index < -0.39 is 35.7 Å². The molecule has 3 rings (SSSR count). The monoisotopic (exact) mass is 514 g/mol. The van der Waals surface area contributed by atoms with E-state index in [2.05, 4.69) is 10.3 Å². The molecule has 2 aliphatic heterocycles. The molecule has 0 radical (unpaired) electrons. The number of carbonyl (C=O) groups excluding carboxylic acids is 4. The average Bonchev–Trinajstić information content (AvgIpc) is 2.79. The Labute approximate surface area is 204 Å². The maximum absolute atomic E-state index is 14.6. The lowest BCUT2D eigenvalue weighted by molar-refractivity contribution is -0.242. The minimum absolute atomic E-state index is 0.0186. The lowest BCUT2D eigenvalue weighted by Crippen LogP contribution is -2.56. The third-order valence-electron chi connectivity index (χ3n) is 6.28. The summed E-state index contributed by atoms with van der Waals surface area (Å²) in [6.07, 6.45) is -5.50. The Morgan fingerprint density at radius 2 is 1.86 bits per heavy atom. The highest BCUT2D eigenvalue weighted by Crippen LogP contribution is 2.28. The zero-order chi connectivity index (χ0) is 26.9. The van der Waals surface area contributed by atoms with Gasteiger partial charge in [-0.1, -0.05) is 6.07 Å². The summed E-state index contributed by atoms with van der Waals surface area (Å²) in [7, 11) is 0. The summed E-state index contributed by atoms with van der Waals surface area (Å²) in [4.78, 5) is 56.1. The Morgan fingerprint density at radius 1 is 1.19 bits per heavy atom. The van der Waals surface area contributed by atoms with E-state index in [0.717, 1.165) is 6.07 Å². The Balaban J connectivity index is 1.89. The quantitative estimate of drug-likeness (QED) is 0.606. The van der Waals surface area contributed by atoms with Crippen LogP contribution in [0.3, 0.4) is 0 Å². The predicted molar refractivity (Wildman–Crippen MR) is 117 cm³/mol. The summed E-state index contributed by atoms with van der Waals surface area (Å²) in [5.74, 6) is -5.78. The van der Waals surface area contributed by atoms with E-state index >= 15 is 0 Å². The van der Waals surface area contributed by atoms with Crippen molar-refractivity contribution in [3.05, 3.63) is 46.4 Å². The van der Waals surface area contributed by atoms with Gasteiger partial charge < -0.3 is 14.6 Å². The van der Waals surface area contributed by atoms with Gasteiger partial charge in [-0.2, -0.15) is 13.2 Å². The minimum Gasteiger partial charge on any atom is -0.337 e. The molecule has 2 unspecified atom stereocenters. The van der Waals surface area contributed by atoms with Gasteiger partial charge in [0.05, 0.1) is 17.2 Å². The normalized spacial score (nSPS) is 21.1. The third kappa shape index (κ3) is 5.44. The van der Waals surface area contributed by atoms with E-state index in [4.69, 9.17) is 0 Å². The topological polar surface area (TPSA) is 99.3 Å². The third-order valence-corrected chi connectivity index (χ3v) is 6.28. The van der Waals surface area contributed by atoms with E-state index in [1.165, 1.54) is 30.9 Å². The average molecular weight is 514 g/mol. The lowest BCUT2D eigenvalue weighted by atomic mass is 9.94. The van der Waals surface area contributed by atoms with Gasteiger partial charge in [0.15, 0.2) is 0 Å². The molecule has 1 aromatic carbocycles. The van der Waals surface area contributed by atoms with Crippen LogP contribution in [-0.4, -0.2) is 70.5 Å². The maximum atomic E-state index is 14.6. The highest BCUT2D eigenvalue weighted by molar-refractivity contribution is 5.97. The molecule has 196 valence electrons. The first kappa shape index (κ1) is 27.0. The summed E-state index contributed by atoms with van der Waals surface area (Å²) in [6, 6.07) is 3.32. The van der Waals surface area contributed by atoms with E-state index in [1.807, 2.05) is 6.92 Å². The number of likely N-dealkylation sites (N-methyl/N-ethyl adjacent to an activating group) is 1. The van der Waals surface area contributed by atoms with Gasteiger partial charge in [-0.3, -0.25) is 14.4 Å². The van der Waals surface area contributed by atoms with Gasteiger partial charge in [-0.25, -0.2) is 14.6 Å². The highest BCUT2D eigenvalue weighted by atomic mass is 19.4. The molecule has 9 nitrogen and oxygen atoms in total. The van der Waals surface area contributed by atoms with Gasteiger partial charge in [-0.05, 0) is 51.0 Å². The van der Waals surface area contributed by atoms with Crippen molar-refractivity contribution in [2.45, 2.75) is 46.3 Å². The molecule has 13 heteroatoms. The van der Waals surface area contributed by atoms with Crippen LogP contribution in [0.1, 0.15) is 43.6 Å². The largest absolute Gasteiger partial charge is 0.493 e. The van der Waals surface area contributed by atoms with Crippen LogP contribution in [0, 0.1) is 11.7 Å². The summed E-state index contributed by atoms with van der Waals surface area (Å²) >= 11 is 0. The van der Waals surface area contributed by atoms with Gasteiger partial charge >= 0.3 is 12.1 Å². The maximum Gasteiger partial charge on any atom is 0.493 e. The number of hydrazine groups is 1. The molecule has 36 heavy (non-hydrogen) atoms. The van der Waals surface area contributed by atoms with Crippen LogP contribution in [0.15, 0.2) is 29.5 Å². The van der Waals surface area contributed by atoms with Crippen molar-refractivity contribution >= 4 is 23.7 Å². The summed E-state index contributed by atoms with van der Waals surface area (Å²) < 4.78 is 52.9. The number of alkyl halides is 3. The van der Waals surface area contributed by atoms with Crippen LogP contribution in [0.4, 0.5) is 17.6 Å². The first-order valence-electron chi connectivity index (χ1n) is 11.2. The lowest BCUT2D eigenvalue weighted by Gasteiger charge is -2.39. The molecule has 1 N–H and O–H groups in total. The predicted octanol–water partition coefficient (Wildman–Crippen LogP) is 2.34. The van der Waals surface area contributed by atoms with Crippen molar-refractivity contribution in [1.29, 1.82) is 0 Å². The minimum atomic E-state index is -5.31. The number of carbonyl (C=O) groups is 4. The van der Waals surface area contributed by atoms with Gasteiger partial charge in [-0.15, -0.1) is 5.17 Å². The number of hydrogen-bond acceptors (Lipinski definition) is 6. The standard InChI is InChI=1S/C23H26F4N4O5/c1-5-30-12(2)10-29(11-19(30)32)21(34)16-8-15(6-7-17(16)24)9-18-13(3)14(4)20(33)28-31(18)36-22(35)23(25,26)27/h6-8,12,14H,5,9-11H2,1-4H3,(H,28,33). The Hall–Kier alpha value is -3.64. The van der Waals surface area contributed by atoms with Crippen molar-refractivity contribution in [3.63, 3.8) is 0 Å². The molecule has 1 fully saturated rings. The van der Waals surface area contributed by atoms with E-state index in [0.29, 0.717) is 22.9 Å². The Bertz CT molecular complexity index is 1120. The summed E-state index contributed by atoms with van der Waals surface area (Å²) in [5.41, 5.74) is 2.42.